The van der Waals surface area contributed by atoms with Crippen molar-refractivity contribution >= 4 is 41.3 Å². The zero-order valence-corrected chi connectivity index (χ0v) is 15.6. The van der Waals surface area contributed by atoms with E-state index >= 15 is 0 Å². The van der Waals surface area contributed by atoms with Gasteiger partial charge in [0, 0.05) is 18.0 Å². The first-order valence-electron chi connectivity index (χ1n) is 6.90. The van der Waals surface area contributed by atoms with Crippen LogP contribution < -0.4 is 10.6 Å². The molecule has 0 fully saturated rings. The van der Waals surface area contributed by atoms with Crippen LogP contribution in [0.5, 0.6) is 0 Å². The van der Waals surface area contributed by atoms with Crippen molar-refractivity contribution in [1.82, 2.24) is 10.6 Å². The Balaban J connectivity index is 0.00000361. The van der Waals surface area contributed by atoms with Crippen molar-refractivity contribution in [3.05, 3.63) is 22.4 Å². The van der Waals surface area contributed by atoms with Gasteiger partial charge in [0.25, 0.3) is 0 Å². The zero-order chi connectivity index (χ0) is 14.1. The Morgan fingerprint density at radius 2 is 2.00 bits per heavy atom. The summed E-state index contributed by atoms with van der Waals surface area (Å²) in [5, 5.41) is 18.7. The van der Waals surface area contributed by atoms with Crippen LogP contribution >= 0.6 is 35.3 Å². The number of halogens is 1. The highest BCUT2D eigenvalue weighted by molar-refractivity contribution is 14.0. The third kappa shape index (κ3) is 6.90. The lowest BCUT2D eigenvalue weighted by molar-refractivity contribution is 0.0367. The Labute approximate surface area is 143 Å². The monoisotopic (exact) mass is 411 g/mol. The molecule has 1 heterocycles. The van der Waals surface area contributed by atoms with Gasteiger partial charge in [-0.05, 0) is 31.2 Å². The Bertz CT molecular complexity index is 378. The predicted molar refractivity (Wildman–Crippen MR) is 98.1 cm³/mol. The van der Waals surface area contributed by atoms with Gasteiger partial charge in [-0.2, -0.15) is 0 Å². The number of aliphatic hydroxyl groups is 1. The van der Waals surface area contributed by atoms with Crippen LogP contribution in [0, 0.1) is 0 Å². The third-order valence-corrected chi connectivity index (χ3v) is 4.08. The van der Waals surface area contributed by atoms with E-state index in [9.17, 15) is 5.11 Å². The second-order valence-corrected chi connectivity index (χ2v) is 5.59. The van der Waals surface area contributed by atoms with Gasteiger partial charge in [0.15, 0.2) is 5.96 Å². The first-order chi connectivity index (χ1) is 9.13. The van der Waals surface area contributed by atoms with E-state index in [1.807, 2.05) is 26.8 Å². The molecule has 0 saturated carbocycles. The summed E-state index contributed by atoms with van der Waals surface area (Å²) in [5.41, 5.74) is -0.654. The van der Waals surface area contributed by atoms with E-state index in [0.717, 1.165) is 25.3 Å². The molecular weight excluding hydrogens is 385 g/mol. The van der Waals surface area contributed by atoms with Gasteiger partial charge < -0.3 is 15.7 Å². The summed E-state index contributed by atoms with van der Waals surface area (Å²) in [6, 6.07) is 4.11. The summed E-state index contributed by atoms with van der Waals surface area (Å²) < 4.78 is 0. The molecule has 6 heteroatoms. The van der Waals surface area contributed by atoms with E-state index in [1.54, 1.807) is 11.3 Å². The number of thiophene rings is 1. The zero-order valence-electron chi connectivity index (χ0n) is 12.5. The number of nitrogens with one attached hydrogen (secondary N) is 2. The number of hydrogen-bond donors (Lipinski definition) is 3. The molecule has 0 atom stereocenters. The van der Waals surface area contributed by atoms with Crippen LogP contribution in [-0.2, 0) is 6.54 Å². The van der Waals surface area contributed by atoms with E-state index in [2.05, 4.69) is 27.1 Å². The molecule has 0 saturated heterocycles. The molecule has 1 rings (SSSR count). The number of hydrogen-bond acceptors (Lipinski definition) is 3. The van der Waals surface area contributed by atoms with Crippen molar-refractivity contribution < 1.29 is 5.11 Å². The van der Waals surface area contributed by atoms with Gasteiger partial charge >= 0.3 is 0 Å². The summed E-state index contributed by atoms with van der Waals surface area (Å²) >= 11 is 1.70. The highest BCUT2D eigenvalue weighted by atomic mass is 127. The lowest BCUT2D eigenvalue weighted by atomic mass is 9.98. The summed E-state index contributed by atoms with van der Waals surface area (Å²) in [6.45, 7) is 8.04. The predicted octanol–water partition coefficient (Wildman–Crippen LogP) is 2.97. The second-order valence-electron chi connectivity index (χ2n) is 4.56. The van der Waals surface area contributed by atoms with Crippen LogP contribution in [0.15, 0.2) is 22.5 Å². The maximum absolute atomic E-state index is 10.3. The average molecular weight is 411 g/mol. The highest BCUT2D eigenvalue weighted by Gasteiger charge is 2.22. The van der Waals surface area contributed by atoms with E-state index in [4.69, 9.17) is 0 Å². The molecular formula is C14H26IN3OS. The normalized spacial score (nSPS) is 11.9. The van der Waals surface area contributed by atoms with Crippen LogP contribution in [0.3, 0.4) is 0 Å². The first kappa shape index (κ1) is 19.7. The van der Waals surface area contributed by atoms with E-state index in [0.29, 0.717) is 13.1 Å². The third-order valence-electron chi connectivity index (χ3n) is 3.22. The van der Waals surface area contributed by atoms with Crippen molar-refractivity contribution in [1.29, 1.82) is 0 Å². The SMILES string of the molecule is CCNC(=NCc1cccs1)NCC(O)(CC)CC.I. The van der Waals surface area contributed by atoms with Crippen LogP contribution in [0.25, 0.3) is 0 Å². The second kappa shape index (κ2) is 10.4. The van der Waals surface area contributed by atoms with Crippen LogP contribution in [0.4, 0.5) is 0 Å². The molecule has 0 aliphatic carbocycles. The smallest absolute Gasteiger partial charge is 0.191 e. The Hall–Kier alpha value is -0.340. The van der Waals surface area contributed by atoms with E-state index in [1.165, 1.54) is 4.88 Å². The molecule has 1 aromatic rings. The van der Waals surface area contributed by atoms with Gasteiger partial charge in [-0.3, -0.25) is 0 Å². The molecule has 20 heavy (non-hydrogen) atoms. The minimum atomic E-state index is -0.654. The number of aliphatic imine (C=N–C) groups is 1. The standard InChI is InChI=1S/C14H25N3OS.HI/c1-4-14(18,5-2)11-17-13(15-6-3)16-10-12-8-7-9-19-12;/h7-9,18H,4-6,10-11H2,1-3H3,(H2,15,16,17);1H. The summed E-state index contributed by atoms with van der Waals surface area (Å²) in [4.78, 5) is 5.76. The summed E-state index contributed by atoms with van der Waals surface area (Å²) in [5.74, 6) is 0.760. The van der Waals surface area contributed by atoms with Crippen LogP contribution in [0.1, 0.15) is 38.5 Å². The molecule has 0 aliphatic heterocycles. The van der Waals surface area contributed by atoms with Gasteiger partial charge in [0.2, 0.25) is 0 Å². The summed E-state index contributed by atoms with van der Waals surface area (Å²) in [6.07, 6.45) is 1.47. The van der Waals surface area contributed by atoms with Gasteiger partial charge in [0.05, 0.1) is 12.1 Å². The van der Waals surface area contributed by atoms with Crippen molar-refractivity contribution in [3.8, 4) is 0 Å². The average Bonchev–Trinajstić information content (AvgIpc) is 2.95. The van der Waals surface area contributed by atoms with Gasteiger partial charge in [0.1, 0.15) is 0 Å². The topological polar surface area (TPSA) is 56.7 Å². The Morgan fingerprint density at radius 1 is 1.30 bits per heavy atom. The fraction of sp³-hybridized carbons (Fsp3) is 0.643. The molecule has 3 N–H and O–H groups in total. The first-order valence-corrected chi connectivity index (χ1v) is 7.78. The quantitative estimate of drug-likeness (QED) is 0.367. The fourth-order valence-electron chi connectivity index (χ4n) is 1.65. The lowest BCUT2D eigenvalue weighted by Crippen LogP contribution is -2.46. The summed E-state index contributed by atoms with van der Waals surface area (Å²) in [7, 11) is 0. The molecule has 1 aromatic heterocycles. The van der Waals surface area contributed by atoms with Gasteiger partial charge in [-0.15, -0.1) is 35.3 Å². The largest absolute Gasteiger partial charge is 0.388 e. The maximum atomic E-state index is 10.3. The molecule has 0 radical (unpaired) electrons. The van der Waals surface area contributed by atoms with Crippen LogP contribution in [0.2, 0.25) is 0 Å². The van der Waals surface area contributed by atoms with Crippen molar-refractivity contribution in [3.63, 3.8) is 0 Å². The molecule has 116 valence electrons. The Morgan fingerprint density at radius 3 is 2.50 bits per heavy atom. The van der Waals surface area contributed by atoms with E-state index in [-0.39, 0.29) is 24.0 Å². The molecule has 0 aliphatic rings. The maximum Gasteiger partial charge on any atom is 0.191 e. The Kier molecular flexibility index (Phi) is 10.2. The molecule has 0 aromatic carbocycles. The fourth-order valence-corrected chi connectivity index (χ4v) is 2.28. The van der Waals surface area contributed by atoms with Gasteiger partial charge in [-0.1, -0.05) is 19.9 Å². The number of nitrogens with zero attached hydrogens (tertiary/aromatic N) is 1. The highest BCUT2D eigenvalue weighted by Crippen LogP contribution is 2.13. The minimum absolute atomic E-state index is 0. The van der Waals surface area contributed by atoms with Crippen molar-refractivity contribution in [2.45, 2.75) is 45.8 Å². The molecule has 0 unspecified atom stereocenters. The molecule has 4 nitrogen and oxygen atoms in total. The molecule has 0 amide bonds. The minimum Gasteiger partial charge on any atom is -0.388 e. The van der Waals surface area contributed by atoms with Crippen LogP contribution in [-0.4, -0.2) is 29.8 Å². The lowest BCUT2D eigenvalue weighted by Gasteiger charge is -2.26. The van der Waals surface area contributed by atoms with E-state index < -0.39 is 5.60 Å². The molecule has 0 spiro atoms. The van der Waals surface area contributed by atoms with Crippen molar-refractivity contribution in [2.24, 2.45) is 4.99 Å². The number of guanidine groups is 1. The molecule has 0 bridgehead atoms. The van der Waals surface area contributed by atoms with Gasteiger partial charge in [-0.25, -0.2) is 4.99 Å². The van der Waals surface area contributed by atoms with Crippen molar-refractivity contribution in [2.75, 3.05) is 13.1 Å². The number of rotatable bonds is 7.